The normalized spacial score (nSPS) is 12.5. The van der Waals surface area contributed by atoms with E-state index in [4.69, 9.17) is 5.73 Å². The van der Waals surface area contributed by atoms with Crippen LogP contribution in [0.1, 0.15) is 58.2 Å². The zero-order valence-corrected chi connectivity index (χ0v) is 14.8. The van der Waals surface area contributed by atoms with Crippen molar-refractivity contribution in [3.05, 3.63) is 16.1 Å². The van der Waals surface area contributed by atoms with E-state index in [1.165, 1.54) is 0 Å². The molecule has 120 valence electrons. The maximum atomic E-state index is 12.3. The Morgan fingerprint density at radius 2 is 1.95 bits per heavy atom. The van der Waals surface area contributed by atoms with E-state index < -0.39 is 5.41 Å². The fourth-order valence-corrected chi connectivity index (χ4v) is 3.22. The molecule has 0 aliphatic heterocycles. The second-order valence-electron chi connectivity index (χ2n) is 6.57. The van der Waals surface area contributed by atoms with Gasteiger partial charge in [-0.2, -0.15) is 0 Å². The molecule has 0 aliphatic carbocycles. The van der Waals surface area contributed by atoms with Gasteiger partial charge in [-0.3, -0.25) is 4.79 Å². The van der Waals surface area contributed by atoms with E-state index in [-0.39, 0.29) is 11.3 Å². The Labute approximate surface area is 132 Å². The lowest BCUT2D eigenvalue weighted by Gasteiger charge is -2.28. The minimum absolute atomic E-state index is 0.0719. The van der Waals surface area contributed by atoms with Crippen LogP contribution < -0.4 is 11.1 Å². The quantitative estimate of drug-likeness (QED) is 0.813. The molecule has 1 aromatic heterocycles. The Morgan fingerprint density at radius 1 is 1.33 bits per heavy atom. The molecule has 1 rings (SSSR count). The van der Waals surface area contributed by atoms with Crippen LogP contribution in [0.2, 0.25) is 0 Å². The SMILES string of the molecule is CCC(CC)(CN)C(=O)NCCc1nc(C(C)(C)C)cs1. The molecule has 0 atom stereocenters. The number of carbonyl (C=O) groups is 1. The molecule has 1 amide bonds. The van der Waals surface area contributed by atoms with Gasteiger partial charge in [-0.05, 0) is 12.8 Å². The van der Waals surface area contributed by atoms with Crippen molar-refractivity contribution < 1.29 is 4.79 Å². The lowest BCUT2D eigenvalue weighted by molar-refractivity contribution is -0.131. The first-order valence-electron chi connectivity index (χ1n) is 7.72. The topological polar surface area (TPSA) is 68.0 Å². The van der Waals surface area contributed by atoms with Gasteiger partial charge in [-0.25, -0.2) is 4.98 Å². The fraction of sp³-hybridized carbons (Fsp3) is 0.750. The number of rotatable bonds is 7. The third-order valence-corrected chi connectivity index (χ3v) is 5.08. The summed E-state index contributed by atoms with van der Waals surface area (Å²) in [5.41, 5.74) is 6.57. The fourth-order valence-electron chi connectivity index (χ4n) is 2.19. The van der Waals surface area contributed by atoms with Gasteiger partial charge < -0.3 is 11.1 Å². The highest BCUT2D eigenvalue weighted by Crippen LogP contribution is 2.25. The molecule has 0 spiro atoms. The van der Waals surface area contributed by atoms with Gasteiger partial charge in [0.25, 0.3) is 0 Å². The van der Waals surface area contributed by atoms with Crippen LogP contribution in [0.4, 0.5) is 0 Å². The van der Waals surface area contributed by atoms with Gasteiger partial charge in [0.2, 0.25) is 5.91 Å². The third kappa shape index (κ3) is 4.51. The predicted octanol–water partition coefficient (Wildman–Crippen LogP) is 2.86. The number of amides is 1. The summed E-state index contributed by atoms with van der Waals surface area (Å²) in [7, 11) is 0. The molecule has 0 aliphatic rings. The van der Waals surface area contributed by atoms with Crippen LogP contribution in [0.25, 0.3) is 0 Å². The second kappa shape index (κ2) is 7.36. The number of aromatic nitrogens is 1. The van der Waals surface area contributed by atoms with E-state index in [2.05, 4.69) is 36.5 Å². The van der Waals surface area contributed by atoms with Gasteiger partial charge in [0.1, 0.15) is 0 Å². The highest BCUT2D eigenvalue weighted by atomic mass is 32.1. The van der Waals surface area contributed by atoms with Crippen molar-refractivity contribution in [2.45, 2.75) is 59.3 Å². The molecule has 0 bridgehead atoms. The Morgan fingerprint density at radius 3 is 2.38 bits per heavy atom. The molecular weight excluding hydrogens is 282 g/mol. The number of nitrogens with two attached hydrogens (primary N) is 1. The first-order chi connectivity index (χ1) is 9.79. The van der Waals surface area contributed by atoms with Crippen LogP contribution in [-0.2, 0) is 16.6 Å². The standard InChI is InChI=1S/C16H29N3OS/c1-6-16(7-2,11-17)14(20)18-9-8-13-19-12(10-21-13)15(3,4)5/h10H,6-9,11,17H2,1-5H3,(H,18,20). The largest absolute Gasteiger partial charge is 0.355 e. The Bertz CT molecular complexity index is 450. The van der Waals surface area contributed by atoms with Crippen molar-refractivity contribution >= 4 is 17.2 Å². The number of hydrogen-bond donors (Lipinski definition) is 2. The molecule has 0 saturated heterocycles. The molecule has 0 aromatic carbocycles. The Balaban J connectivity index is 2.54. The average molecular weight is 311 g/mol. The number of nitrogens with zero attached hydrogens (tertiary/aromatic N) is 1. The number of nitrogens with one attached hydrogen (secondary N) is 1. The molecule has 4 nitrogen and oxygen atoms in total. The zero-order chi connectivity index (χ0) is 16.1. The van der Waals surface area contributed by atoms with Crippen molar-refractivity contribution in [1.82, 2.24) is 10.3 Å². The third-order valence-electron chi connectivity index (χ3n) is 4.17. The Kier molecular flexibility index (Phi) is 6.35. The minimum atomic E-state index is -0.417. The van der Waals surface area contributed by atoms with Gasteiger partial charge in [-0.15, -0.1) is 11.3 Å². The number of carbonyl (C=O) groups excluding carboxylic acids is 1. The van der Waals surface area contributed by atoms with Crippen molar-refractivity contribution in [2.75, 3.05) is 13.1 Å². The maximum absolute atomic E-state index is 12.3. The molecule has 0 fully saturated rings. The average Bonchev–Trinajstić information content (AvgIpc) is 2.90. The van der Waals surface area contributed by atoms with E-state index in [0.717, 1.165) is 30.0 Å². The predicted molar refractivity (Wildman–Crippen MR) is 89.6 cm³/mol. The van der Waals surface area contributed by atoms with E-state index >= 15 is 0 Å². The van der Waals surface area contributed by atoms with Crippen LogP contribution in [0.15, 0.2) is 5.38 Å². The van der Waals surface area contributed by atoms with Crippen molar-refractivity contribution in [3.8, 4) is 0 Å². The van der Waals surface area contributed by atoms with Gasteiger partial charge in [0.15, 0.2) is 0 Å². The molecule has 0 unspecified atom stereocenters. The van der Waals surface area contributed by atoms with Crippen LogP contribution in [0.5, 0.6) is 0 Å². The second-order valence-corrected chi connectivity index (χ2v) is 7.52. The Hall–Kier alpha value is -0.940. The first kappa shape index (κ1) is 18.1. The summed E-state index contributed by atoms with van der Waals surface area (Å²) in [5.74, 6) is 0.0719. The smallest absolute Gasteiger partial charge is 0.227 e. The summed E-state index contributed by atoms with van der Waals surface area (Å²) in [6, 6.07) is 0. The lowest BCUT2D eigenvalue weighted by atomic mass is 9.81. The monoisotopic (exact) mass is 311 g/mol. The van der Waals surface area contributed by atoms with E-state index in [9.17, 15) is 4.79 Å². The van der Waals surface area contributed by atoms with Crippen LogP contribution in [0.3, 0.4) is 0 Å². The van der Waals surface area contributed by atoms with Crippen LogP contribution in [0, 0.1) is 5.41 Å². The van der Waals surface area contributed by atoms with Crippen LogP contribution in [-0.4, -0.2) is 24.0 Å². The maximum Gasteiger partial charge on any atom is 0.227 e. The summed E-state index contributed by atoms with van der Waals surface area (Å²) >= 11 is 1.67. The molecule has 0 saturated carbocycles. The van der Waals surface area contributed by atoms with Crippen molar-refractivity contribution in [3.63, 3.8) is 0 Å². The summed E-state index contributed by atoms with van der Waals surface area (Å²) < 4.78 is 0. The molecule has 5 heteroatoms. The molecular formula is C16H29N3OS. The van der Waals surface area contributed by atoms with Crippen molar-refractivity contribution in [2.24, 2.45) is 11.1 Å². The van der Waals surface area contributed by atoms with Gasteiger partial charge in [0, 0.05) is 30.3 Å². The van der Waals surface area contributed by atoms with Gasteiger partial charge in [-0.1, -0.05) is 34.6 Å². The number of hydrogen-bond acceptors (Lipinski definition) is 4. The molecule has 1 heterocycles. The highest BCUT2D eigenvalue weighted by molar-refractivity contribution is 7.09. The van der Waals surface area contributed by atoms with Gasteiger partial charge in [0.05, 0.1) is 16.1 Å². The summed E-state index contributed by atoms with van der Waals surface area (Å²) in [5, 5.41) is 6.21. The lowest BCUT2D eigenvalue weighted by Crippen LogP contribution is -2.45. The van der Waals surface area contributed by atoms with Crippen molar-refractivity contribution in [1.29, 1.82) is 0 Å². The highest BCUT2D eigenvalue weighted by Gasteiger charge is 2.32. The molecule has 3 N–H and O–H groups in total. The van der Waals surface area contributed by atoms with Crippen LogP contribution >= 0.6 is 11.3 Å². The molecule has 1 aromatic rings. The molecule has 21 heavy (non-hydrogen) atoms. The zero-order valence-electron chi connectivity index (χ0n) is 14.0. The summed E-state index contributed by atoms with van der Waals surface area (Å²) in [4.78, 5) is 16.9. The number of thiazole rings is 1. The molecule has 0 radical (unpaired) electrons. The minimum Gasteiger partial charge on any atom is -0.355 e. The van der Waals surface area contributed by atoms with Gasteiger partial charge >= 0.3 is 0 Å². The van der Waals surface area contributed by atoms with E-state index in [1.807, 2.05) is 13.8 Å². The first-order valence-corrected chi connectivity index (χ1v) is 8.60. The van der Waals surface area contributed by atoms with E-state index in [1.54, 1.807) is 11.3 Å². The van der Waals surface area contributed by atoms with E-state index in [0.29, 0.717) is 13.1 Å². The summed E-state index contributed by atoms with van der Waals surface area (Å²) in [6.45, 7) is 11.5. The summed E-state index contributed by atoms with van der Waals surface area (Å²) in [6.07, 6.45) is 2.33.